The SMILES string of the molecule is CCOC1CC(N2CCCCC2)C(O)C(OCC)O1. The lowest BCUT2D eigenvalue weighted by Crippen LogP contribution is -2.57. The molecule has 0 aromatic rings. The molecule has 2 heterocycles. The molecule has 0 spiro atoms. The molecule has 2 aliphatic rings. The molecule has 2 rings (SSSR count). The van der Waals surface area contributed by atoms with Crippen LogP contribution in [0.1, 0.15) is 39.5 Å². The molecule has 0 radical (unpaired) electrons. The maximum absolute atomic E-state index is 10.5. The molecule has 2 fully saturated rings. The van der Waals surface area contributed by atoms with Crippen molar-refractivity contribution >= 4 is 0 Å². The average Bonchev–Trinajstić information content (AvgIpc) is 2.44. The molecule has 0 bridgehead atoms. The molecule has 0 aromatic carbocycles. The molecule has 5 nitrogen and oxygen atoms in total. The Morgan fingerprint density at radius 1 is 1.11 bits per heavy atom. The molecule has 0 saturated carbocycles. The van der Waals surface area contributed by atoms with E-state index in [2.05, 4.69) is 4.90 Å². The zero-order chi connectivity index (χ0) is 13.7. The molecule has 2 aliphatic heterocycles. The van der Waals surface area contributed by atoms with Gasteiger partial charge in [0.1, 0.15) is 6.10 Å². The molecule has 5 heteroatoms. The van der Waals surface area contributed by atoms with Gasteiger partial charge in [0.25, 0.3) is 0 Å². The van der Waals surface area contributed by atoms with E-state index in [1.54, 1.807) is 0 Å². The van der Waals surface area contributed by atoms with Gasteiger partial charge in [-0.1, -0.05) is 6.42 Å². The third kappa shape index (κ3) is 3.89. The monoisotopic (exact) mass is 273 g/mol. The number of piperidine rings is 1. The van der Waals surface area contributed by atoms with E-state index in [4.69, 9.17) is 14.2 Å². The highest BCUT2D eigenvalue weighted by atomic mass is 16.8. The van der Waals surface area contributed by atoms with Crippen molar-refractivity contribution in [1.29, 1.82) is 0 Å². The Kier molecular flexibility index (Phi) is 6.04. The summed E-state index contributed by atoms with van der Waals surface area (Å²) in [5.41, 5.74) is 0. The van der Waals surface area contributed by atoms with Crippen molar-refractivity contribution in [3.63, 3.8) is 0 Å². The Bertz CT molecular complexity index is 258. The van der Waals surface area contributed by atoms with Crippen LogP contribution >= 0.6 is 0 Å². The zero-order valence-electron chi connectivity index (χ0n) is 12.1. The van der Waals surface area contributed by atoms with Gasteiger partial charge in [-0.05, 0) is 39.8 Å². The standard InChI is InChI=1S/C14H27NO4/c1-3-17-12-10-11(15-8-6-5-7-9-15)13(16)14(19-12)18-4-2/h11-14,16H,3-10H2,1-2H3. The van der Waals surface area contributed by atoms with E-state index in [1.165, 1.54) is 19.3 Å². The fourth-order valence-corrected chi connectivity index (χ4v) is 3.01. The number of rotatable bonds is 5. The quantitative estimate of drug-likeness (QED) is 0.819. The van der Waals surface area contributed by atoms with Crippen LogP contribution in [-0.4, -0.2) is 61.0 Å². The first kappa shape index (κ1) is 15.2. The largest absolute Gasteiger partial charge is 0.386 e. The summed E-state index contributed by atoms with van der Waals surface area (Å²) >= 11 is 0. The fraction of sp³-hybridized carbons (Fsp3) is 1.00. The molecular formula is C14H27NO4. The molecule has 112 valence electrons. The fourth-order valence-electron chi connectivity index (χ4n) is 3.01. The smallest absolute Gasteiger partial charge is 0.187 e. The normalized spacial score (nSPS) is 37.4. The number of hydrogen-bond acceptors (Lipinski definition) is 5. The second kappa shape index (κ2) is 7.55. The van der Waals surface area contributed by atoms with Gasteiger partial charge in [-0.2, -0.15) is 0 Å². The highest BCUT2D eigenvalue weighted by Crippen LogP contribution is 2.28. The molecule has 19 heavy (non-hydrogen) atoms. The van der Waals surface area contributed by atoms with E-state index in [1.807, 2.05) is 13.8 Å². The Morgan fingerprint density at radius 3 is 2.42 bits per heavy atom. The second-order valence-corrected chi connectivity index (χ2v) is 5.23. The summed E-state index contributed by atoms with van der Waals surface area (Å²) in [6, 6.07) is 0.0853. The molecule has 2 saturated heterocycles. The van der Waals surface area contributed by atoms with Crippen LogP contribution in [0.4, 0.5) is 0 Å². The summed E-state index contributed by atoms with van der Waals surface area (Å²) in [5, 5.41) is 10.5. The van der Waals surface area contributed by atoms with Gasteiger partial charge in [0.05, 0.1) is 0 Å². The van der Waals surface area contributed by atoms with Crippen LogP contribution in [0, 0.1) is 0 Å². The highest BCUT2D eigenvalue weighted by Gasteiger charge is 2.41. The molecule has 4 unspecified atom stereocenters. The van der Waals surface area contributed by atoms with E-state index >= 15 is 0 Å². The van der Waals surface area contributed by atoms with Crippen molar-refractivity contribution in [3.8, 4) is 0 Å². The Balaban J connectivity index is 2.00. The van der Waals surface area contributed by atoms with E-state index < -0.39 is 12.4 Å². The number of nitrogens with zero attached hydrogens (tertiary/aromatic N) is 1. The molecular weight excluding hydrogens is 246 g/mol. The number of aliphatic hydroxyl groups is 1. The van der Waals surface area contributed by atoms with Gasteiger partial charge >= 0.3 is 0 Å². The molecule has 0 aromatic heterocycles. The lowest BCUT2D eigenvalue weighted by atomic mass is 9.98. The highest BCUT2D eigenvalue weighted by molar-refractivity contribution is 4.87. The molecule has 1 N–H and O–H groups in total. The average molecular weight is 273 g/mol. The Morgan fingerprint density at radius 2 is 1.79 bits per heavy atom. The van der Waals surface area contributed by atoms with Crippen molar-refractivity contribution in [1.82, 2.24) is 4.90 Å². The lowest BCUT2D eigenvalue weighted by Gasteiger charge is -2.44. The first-order chi connectivity index (χ1) is 9.26. The summed E-state index contributed by atoms with van der Waals surface area (Å²) < 4.78 is 16.8. The van der Waals surface area contributed by atoms with Crippen LogP contribution in [0.25, 0.3) is 0 Å². The minimum absolute atomic E-state index is 0.0853. The van der Waals surface area contributed by atoms with Crippen LogP contribution < -0.4 is 0 Å². The summed E-state index contributed by atoms with van der Waals surface area (Å²) in [5.74, 6) is 0. The number of aliphatic hydroxyl groups excluding tert-OH is 1. The summed E-state index contributed by atoms with van der Waals surface area (Å²) in [6.07, 6.45) is 3.01. The molecule has 0 aliphatic carbocycles. The number of likely N-dealkylation sites (tertiary alicyclic amines) is 1. The predicted molar refractivity (Wildman–Crippen MR) is 71.7 cm³/mol. The second-order valence-electron chi connectivity index (χ2n) is 5.23. The Labute approximate surface area is 115 Å². The minimum Gasteiger partial charge on any atom is -0.386 e. The maximum Gasteiger partial charge on any atom is 0.187 e. The predicted octanol–water partition coefficient (Wildman–Crippen LogP) is 1.35. The summed E-state index contributed by atoms with van der Waals surface area (Å²) in [7, 11) is 0. The first-order valence-electron chi connectivity index (χ1n) is 7.57. The summed E-state index contributed by atoms with van der Waals surface area (Å²) in [4.78, 5) is 2.37. The van der Waals surface area contributed by atoms with E-state index in [9.17, 15) is 5.11 Å². The van der Waals surface area contributed by atoms with Gasteiger partial charge in [0.2, 0.25) is 0 Å². The van der Waals surface area contributed by atoms with Crippen molar-refractivity contribution < 1.29 is 19.3 Å². The van der Waals surface area contributed by atoms with Gasteiger partial charge in [-0.3, -0.25) is 4.90 Å². The Hall–Kier alpha value is -0.200. The van der Waals surface area contributed by atoms with Crippen LogP contribution in [0.15, 0.2) is 0 Å². The van der Waals surface area contributed by atoms with Crippen LogP contribution in [0.3, 0.4) is 0 Å². The third-order valence-corrected chi connectivity index (χ3v) is 3.94. The van der Waals surface area contributed by atoms with Crippen LogP contribution in [-0.2, 0) is 14.2 Å². The van der Waals surface area contributed by atoms with Crippen molar-refractivity contribution in [2.75, 3.05) is 26.3 Å². The number of ether oxygens (including phenoxy) is 3. The van der Waals surface area contributed by atoms with Gasteiger partial charge < -0.3 is 19.3 Å². The topological polar surface area (TPSA) is 51.2 Å². The summed E-state index contributed by atoms with van der Waals surface area (Å²) in [6.45, 7) is 7.13. The van der Waals surface area contributed by atoms with E-state index in [0.29, 0.717) is 13.2 Å². The van der Waals surface area contributed by atoms with Crippen LogP contribution in [0.2, 0.25) is 0 Å². The lowest BCUT2D eigenvalue weighted by molar-refractivity contribution is -0.310. The molecule has 4 atom stereocenters. The first-order valence-corrected chi connectivity index (χ1v) is 7.57. The van der Waals surface area contributed by atoms with Crippen LogP contribution in [0.5, 0.6) is 0 Å². The third-order valence-electron chi connectivity index (χ3n) is 3.94. The number of hydrogen-bond donors (Lipinski definition) is 1. The molecule has 0 amide bonds. The van der Waals surface area contributed by atoms with Gasteiger partial charge in [0.15, 0.2) is 12.6 Å². The van der Waals surface area contributed by atoms with E-state index in [0.717, 1.165) is 19.5 Å². The van der Waals surface area contributed by atoms with Gasteiger partial charge in [-0.15, -0.1) is 0 Å². The van der Waals surface area contributed by atoms with Crippen molar-refractivity contribution in [2.45, 2.75) is 64.3 Å². The maximum atomic E-state index is 10.5. The van der Waals surface area contributed by atoms with Gasteiger partial charge in [-0.25, -0.2) is 0 Å². The van der Waals surface area contributed by atoms with E-state index in [-0.39, 0.29) is 12.3 Å². The van der Waals surface area contributed by atoms with Crippen molar-refractivity contribution in [3.05, 3.63) is 0 Å². The van der Waals surface area contributed by atoms with Gasteiger partial charge in [0, 0.05) is 25.7 Å². The minimum atomic E-state index is -0.588. The van der Waals surface area contributed by atoms with Crippen molar-refractivity contribution in [2.24, 2.45) is 0 Å². The zero-order valence-corrected chi connectivity index (χ0v) is 12.1.